The Bertz CT molecular complexity index is 1230. The van der Waals surface area contributed by atoms with E-state index in [2.05, 4.69) is 20.3 Å². The van der Waals surface area contributed by atoms with Gasteiger partial charge in [-0.25, -0.2) is 14.8 Å². The van der Waals surface area contributed by atoms with Gasteiger partial charge < -0.3 is 10.3 Å². The third kappa shape index (κ3) is 3.18. The summed E-state index contributed by atoms with van der Waals surface area (Å²) in [6.45, 7) is 0.429. The van der Waals surface area contributed by atoms with Gasteiger partial charge in [0.1, 0.15) is 0 Å². The number of carbonyl (C=O) groups excluding carboxylic acids is 1. The molecular formula is C20H14F3N5OS. The predicted octanol–water partition coefficient (Wildman–Crippen LogP) is 4.98. The molecule has 0 spiro atoms. The van der Waals surface area contributed by atoms with Gasteiger partial charge in [-0.3, -0.25) is 4.90 Å². The lowest BCUT2D eigenvalue weighted by Crippen LogP contribution is -2.29. The van der Waals surface area contributed by atoms with Gasteiger partial charge in [-0.2, -0.15) is 13.2 Å². The molecule has 0 bridgehead atoms. The second-order valence-electron chi connectivity index (χ2n) is 6.83. The second kappa shape index (κ2) is 6.84. The molecule has 2 amide bonds. The zero-order valence-corrected chi connectivity index (χ0v) is 16.1. The smallest absolute Gasteiger partial charge is 0.345 e. The number of urea groups is 1. The molecule has 1 unspecified atom stereocenters. The van der Waals surface area contributed by atoms with E-state index in [4.69, 9.17) is 0 Å². The van der Waals surface area contributed by atoms with Gasteiger partial charge in [-0.1, -0.05) is 24.3 Å². The summed E-state index contributed by atoms with van der Waals surface area (Å²) in [6.07, 6.45) is -1.62. The fourth-order valence-electron chi connectivity index (χ4n) is 3.55. The zero-order chi connectivity index (χ0) is 20.9. The summed E-state index contributed by atoms with van der Waals surface area (Å²) in [5.41, 5.74) is 3.89. The maximum atomic E-state index is 12.8. The fourth-order valence-corrected chi connectivity index (χ4v) is 4.34. The van der Waals surface area contributed by atoms with Crippen molar-refractivity contribution in [3.63, 3.8) is 0 Å². The largest absolute Gasteiger partial charge is 0.443 e. The second-order valence-corrected chi connectivity index (χ2v) is 7.86. The molecule has 152 valence electrons. The summed E-state index contributed by atoms with van der Waals surface area (Å²) in [5.74, 6) is 0. The van der Waals surface area contributed by atoms with Crippen LogP contribution in [0.2, 0.25) is 0 Å². The molecule has 0 radical (unpaired) electrons. The number of H-pyrrole nitrogens is 1. The van der Waals surface area contributed by atoms with Gasteiger partial charge in [0.2, 0.25) is 0 Å². The molecule has 1 aliphatic rings. The Morgan fingerprint density at radius 3 is 2.63 bits per heavy atom. The van der Waals surface area contributed by atoms with Gasteiger partial charge in [0.15, 0.2) is 5.01 Å². The summed E-state index contributed by atoms with van der Waals surface area (Å²) in [5, 5.41) is 1.98. The molecule has 2 N–H and O–H groups in total. The zero-order valence-electron chi connectivity index (χ0n) is 15.3. The van der Waals surface area contributed by atoms with Crippen LogP contribution in [-0.2, 0) is 6.18 Å². The Balaban J connectivity index is 1.44. The summed E-state index contributed by atoms with van der Waals surface area (Å²) >= 11 is 0.608. The standard InChI is InChI=1S/C20H14F3N5OS/c21-20(22,23)18-24-9-17(30-18)12-3-1-11(2-4-12)16-8-25-19(29)28(16)13-5-6-14-15(7-13)27-10-26-14/h1-7,9-10,16H,8H2,(H,25,29)(H,26,27). The quantitative estimate of drug-likeness (QED) is 0.483. The Hall–Kier alpha value is -3.40. The minimum Gasteiger partial charge on any atom is -0.345 e. The van der Waals surface area contributed by atoms with Crippen LogP contribution in [0.25, 0.3) is 21.5 Å². The van der Waals surface area contributed by atoms with Crippen molar-refractivity contribution >= 4 is 34.1 Å². The molecule has 2 aromatic heterocycles. The van der Waals surface area contributed by atoms with E-state index in [1.54, 1.807) is 23.4 Å². The summed E-state index contributed by atoms with van der Waals surface area (Å²) in [4.78, 5) is 25.3. The monoisotopic (exact) mass is 429 g/mol. The first-order valence-electron chi connectivity index (χ1n) is 9.04. The molecule has 30 heavy (non-hydrogen) atoms. The normalized spacial score (nSPS) is 17.0. The third-order valence-electron chi connectivity index (χ3n) is 4.99. The van der Waals surface area contributed by atoms with Crippen LogP contribution in [0, 0.1) is 0 Å². The van der Waals surface area contributed by atoms with Crippen LogP contribution in [-0.4, -0.2) is 27.5 Å². The van der Waals surface area contributed by atoms with Gasteiger partial charge in [-0.05, 0) is 29.3 Å². The maximum Gasteiger partial charge on any atom is 0.443 e. The third-order valence-corrected chi connectivity index (χ3v) is 6.08. The van der Waals surface area contributed by atoms with E-state index in [-0.39, 0.29) is 12.1 Å². The predicted molar refractivity (Wildman–Crippen MR) is 107 cm³/mol. The van der Waals surface area contributed by atoms with Crippen molar-refractivity contribution in [1.29, 1.82) is 0 Å². The van der Waals surface area contributed by atoms with Crippen molar-refractivity contribution in [3.8, 4) is 10.4 Å². The van der Waals surface area contributed by atoms with Crippen molar-refractivity contribution in [2.24, 2.45) is 0 Å². The van der Waals surface area contributed by atoms with Gasteiger partial charge >= 0.3 is 12.2 Å². The Morgan fingerprint density at radius 1 is 1.10 bits per heavy atom. The Kier molecular flexibility index (Phi) is 4.24. The number of alkyl halides is 3. The van der Waals surface area contributed by atoms with Crippen LogP contribution in [0.5, 0.6) is 0 Å². The molecule has 4 aromatic rings. The number of hydrogen-bond acceptors (Lipinski definition) is 4. The highest BCUT2D eigenvalue weighted by Crippen LogP contribution is 2.37. The average Bonchev–Trinajstić information content (AvgIpc) is 3.46. The molecule has 1 atom stereocenters. The van der Waals surface area contributed by atoms with E-state index >= 15 is 0 Å². The van der Waals surface area contributed by atoms with E-state index in [1.165, 1.54) is 6.20 Å². The van der Waals surface area contributed by atoms with Crippen molar-refractivity contribution < 1.29 is 18.0 Å². The molecule has 5 rings (SSSR count). The van der Waals surface area contributed by atoms with Gasteiger partial charge in [0, 0.05) is 18.4 Å². The molecular weight excluding hydrogens is 415 g/mol. The topological polar surface area (TPSA) is 73.9 Å². The van der Waals surface area contributed by atoms with E-state index in [0.29, 0.717) is 28.3 Å². The number of carbonyl (C=O) groups is 1. The van der Waals surface area contributed by atoms with E-state index < -0.39 is 11.2 Å². The van der Waals surface area contributed by atoms with Crippen LogP contribution in [0.1, 0.15) is 16.6 Å². The number of thiazole rings is 1. The highest BCUT2D eigenvalue weighted by atomic mass is 32.1. The molecule has 0 saturated carbocycles. The lowest BCUT2D eigenvalue weighted by Gasteiger charge is -2.23. The Morgan fingerprint density at radius 2 is 1.90 bits per heavy atom. The average molecular weight is 429 g/mol. The summed E-state index contributed by atoms with van der Waals surface area (Å²) in [7, 11) is 0. The number of benzene rings is 2. The highest BCUT2D eigenvalue weighted by Gasteiger charge is 2.35. The van der Waals surface area contributed by atoms with Crippen molar-refractivity contribution in [1.82, 2.24) is 20.3 Å². The van der Waals surface area contributed by atoms with Crippen LogP contribution in [0.3, 0.4) is 0 Å². The summed E-state index contributed by atoms with van der Waals surface area (Å²) in [6, 6.07) is 12.3. The number of aromatic nitrogens is 3. The molecule has 1 saturated heterocycles. The summed E-state index contributed by atoms with van der Waals surface area (Å²) < 4.78 is 38.4. The molecule has 6 nitrogen and oxygen atoms in total. The number of nitrogens with zero attached hydrogens (tertiary/aromatic N) is 3. The minimum absolute atomic E-state index is 0.208. The van der Waals surface area contributed by atoms with E-state index in [1.807, 2.05) is 30.3 Å². The van der Waals surface area contributed by atoms with Crippen LogP contribution in [0.15, 0.2) is 55.0 Å². The number of fused-ring (bicyclic) bond motifs is 1. The highest BCUT2D eigenvalue weighted by molar-refractivity contribution is 7.15. The first-order valence-corrected chi connectivity index (χ1v) is 9.85. The van der Waals surface area contributed by atoms with E-state index in [9.17, 15) is 18.0 Å². The molecule has 2 aromatic carbocycles. The number of aromatic amines is 1. The number of rotatable bonds is 3. The maximum absolute atomic E-state index is 12.8. The van der Waals surface area contributed by atoms with Gasteiger partial charge in [-0.15, -0.1) is 11.3 Å². The van der Waals surface area contributed by atoms with Crippen molar-refractivity contribution in [2.75, 3.05) is 11.4 Å². The van der Waals surface area contributed by atoms with Crippen LogP contribution >= 0.6 is 11.3 Å². The number of imidazole rings is 1. The van der Waals surface area contributed by atoms with Crippen molar-refractivity contribution in [3.05, 3.63) is 65.6 Å². The molecule has 3 heterocycles. The van der Waals surface area contributed by atoms with Crippen LogP contribution < -0.4 is 10.2 Å². The number of nitrogens with one attached hydrogen (secondary N) is 2. The first kappa shape index (κ1) is 18.6. The molecule has 10 heteroatoms. The van der Waals surface area contributed by atoms with Gasteiger partial charge in [0.25, 0.3) is 0 Å². The first-order chi connectivity index (χ1) is 14.4. The minimum atomic E-state index is -4.45. The number of amides is 2. The van der Waals surface area contributed by atoms with E-state index in [0.717, 1.165) is 22.3 Å². The number of hydrogen-bond donors (Lipinski definition) is 2. The Labute approximate surface area is 172 Å². The SMILES string of the molecule is O=C1NCC(c2ccc(-c3cnc(C(F)(F)F)s3)cc2)N1c1ccc2nc[nH]c2c1. The van der Waals surface area contributed by atoms with Gasteiger partial charge in [0.05, 0.1) is 28.3 Å². The molecule has 1 aliphatic heterocycles. The number of halogens is 3. The lowest BCUT2D eigenvalue weighted by molar-refractivity contribution is -0.137. The van der Waals surface area contributed by atoms with Crippen LogP contribution in [0.4, 0.5) is 23.7 Å². The van der Waals surface area contributed by atoms with Crippen molar-refractivity contribution in [2.45, 2.75) is 12.2 Å². The fraction of sp³-hybridized carbons (Fsp3) is 0.150. The number of anilines is 1. The molecule has 0 aliphatic carbocycles. The molecule has 1 fully saturated rings. The lowest BCUT2D eigenvalue weighted by atomic mass is 10.0.